The molecule has 0 saturated heterocycles. The molecule has 0 fully saturated rings. The van der Waals surface area contributed by atoms with Gasteiger partial charge in [0, 0.05) is 5.92 Å². The van der Waals surface area contributed by atoms with Crippen LogP contribution in [0.15, 0.2) is 11.4 Å². The molecule has 1 aromatic rings. The van der Waals surface area contributed by atoms with E-state index in [1.165, 1.54) is 11.3 Å². The van der Waals surface area contributed by atoms with Crippen LogP contribution in [0.2, 0.25) is 0 Å². The molecular formula is C12H17NO2S. The topological polar surface area (TPSA) is 46.2 Å². The van der Waals surface area contributed by atoms with Crippen molar-refractivity contribution in [2.75, 3.05) is 6.54 Å². The number of thiophene rings is 1. The molecule has 0 aliphatic heterocycles. The van der Waals surface area contributed by atoms with Crippen molar-refractivity contribution in [3.05, 3.63) is 21.9 Å². The number of nitrogens with one attached hydrogen (secondary N) is 1. The molecule has 4 heteroatoms. The lowest BCUT2D eigenvalue weighted by Crippen LogP contribution is -2.31. The van der Waals surface area contributed by atoms with Crippen molar-refractivity contribution in [2.24, 2.45) is 5.92 Å². The Morgan fingerprint density at radius 1 is 1.44 bits per heavy atom. The molecule has 0 aliphatic rings. The third kappa shape index (κ3) is 3.17. The zero-order valence-electron chi connectivity index (χ0n) is 9.87. The van der Waals surface area contributed by atoms with Crippen LogP contribution >= 0.6 is 11.3 Å². The Morgan fingerprint density at radius 3 is 2.69 bits per heavy atom. The highest BCUT2D eigenvalue weighted by molar-refractivity contribution is 7.12. The number of hydrogen-bond donors (Lipinski definition) is 1. The fraction of sp³-hybridized carbons (Fsp3) is 0.500. The molecule has 0 aromatic carbocycles. The summed E-state index contributed by atoms with van der Waals surface area (Å²) in [6.07, 6.45) is 0.838. The molecule has 1 N–H and O–H groups in total. The summed E-state index contributed by atoms with van der Waals surface area (Å²) in [5.41, 5.74) is 1.04. The van der Waals surface area contributed by atoms with Crippen molar-refractivity contribution in [2.45, 2.75) is 27.2 Å². The van der Waals surface area contributed by atoms with Gasteiger partial charge in [0.2, 0.25) is 0 Å². The lowest BCUT2D eigenvalue weighted by Gasteiger charge is -2.06. The smallest absolute Gasteiger partial charge is 0.261 e. The van der Waals surface area contributed by atoms with Gasteiger partial charge in [0.05, 0.1) is 11.4 Å². The van der Waals surface area contributed by atoms with E-state index in [4.69, 9.17) is 0 Å². The zero-order valence-corrected chi connectivity index (χ0v) is 10.7. The van der Waals surface area contributed by atoms with Gasteiger partial charge in [0.15, 0.2) is 5.78 Å². The Labute approximate surface area is 99.9 Å². The first-order valence-corrected chi connectivity index (χ1v) is 6.31. The minimum absolute atomic E-state index is 0.0331. The average molecular weight is 239 g/mol. The molecule has 88 valence electrons. The number of Topliss-reactive ketones (excluding diaryl/α,β-unsaturated/α-hetero) is 1. The van der Waals surface area contributed by atoms with E-state index in [1.807, 2.05) is 32.2 Å². The van der Waals surface area contributed by atoms with Crippen LogP contribution in [0.3, 0.4) is 0 Å². The summed E-state index contributed by atoms with van der Waals surface area (Å²) in [5.74, 6) is -0.113. The van der Waals surface area contributed by atoms with Gasteiger partial charge in [-0.2, -0.15) is 0 Å². The fourth-order valence-corrected chi connectivity index (χ4v) is 2.18. The van der Waals surface area contributed by atoms with Crippen LogP contribution in [0.1, 0.15) is 36.0 Å². The highest BCUT2D eigenvalue weighted by atomic mass is 32.1. The molecule has 16 heavy (non-hydrogen) atoms. The minimum atomic E-state index is -0.138. The second-order valence-electron chi connectivity index (χ2n) is 3.93. The summed E-state index contributed by atoms with van der Waals surface area (Å²) in [5, 5.41) is 4.56. The van der Waals surface area contributed by atoms with E-state index in [9.17, 15) is 9.59 Å². The number of carbonyl (C=O) groups excluding carboxylic acids is 2. The summed E-state index contributed by atoms with van der Waals surface area (Å²) < 4.78 is 0. The highest BCUT2D eigenvalue weighted by Crippen LogP contribution is 2.16. The van der Waals surface area contributed by atoms with Crippen molar-refractivity contribution in [1.29, 1.82) is 0 Å². The van der Waals surface area contributed by atoms with Gasteiger partial charge in [0.1, 0.15) is 0 Å². The van der Waals surface area contributed by atoms with Crippen molar-refractivity contribution >= 4 is 23.0 Å². The molecule has 1 aromatic heterocycles. The van der Waals surface area contributed by atoms with Crippen LogP contribution in [0.5, 0.6) is 0 Å². The Bertz CT molecular complexity index is 382. The van der Waals surface area contributed by atoms with Crippen molar-refractivity contribution in [3.63, 3.8) is 0 Å². The third-order valence-corrected chi connectivity index (χ3v) is 3.36. The van der Waals surface area contributed by atoms with Crippen LogP contribution in [0.4, 0.5) is 0 Å². The quantitative estimate of drug-likeness (QED) is 0.856. The molecular weight excluding hydrogens is 222 g/mol. The molecule has 1 amide bonds. The zero-order chi connectivity index (χ0) is 12.1. The van der Waals surface area contributed by atoms with Gasteiger partial charge in [-0.05, 0) is 23.4 Å². The first kappa shape index (κ1) is 12.9. The third-order valence-electron chi connectivity index (χ3n) is 2.40. The van der Waals surface area contributed by atoms with Gasteiger partial charge in [-0.25, -0.2) is 0 Å². The summed E-state index contributed by atoms with van der Waals surface area (Å²) in [6.45, 7) is 5.80. The number of carbonyl (C=O) groups is 2. The number of amides is 1. The molecule has 3 nitrogen and oxygen atoms in total. The minimum Gasteiger partial charge on any atom is -0.344 e. The van der Waals surface area contributed by atoms with E-state index in [2.05, 4.69) is 5.32 Å². The van der Waals surface area contributed by atoms with Crippen LogP contribution in [-0.2, 0) is 11.2 Å². The number of ketones is 1. The van der Waals surface area contributed by atoms with Crippen molar-refractivity contribution < 1.29 is 9.59 Å². The molecule has 0 radical (unpaired) electrons. The predicted octanol–water partition coefficient (Wildman–Crippen LogP) is 2.27. The van der Waals surface area contributed by atoms with Gasteiger partial charge in [-0.3, -0.25) is 9.59 Å². The first-order valence-electron chi connectivity index (χ1n) is 5.43. The van der Waals surface area contributed by atoms with Crippen LogP contribution in [0, 0.1) is 5.92 Å². The Balaban J connectivity index is 2.56. The standard InChI is InChI=1S/C12H17NO2S/c1-4-9-5-6-16-11(9)12(15)13-7-10(14)8(2)3/h5-6,8H,4,7H2,1-3H3,(H,13,15). The SMILES string of the molecule is CCc1ccsc1C(=O)NCC(=O)C(C)C. The Morgan fingerprint density at radius 2 is 2.12 bits per heavy atom. The van der Waals surface area contributed by atoms with Gasteiger partial charge in [-0.1, -0.05) is 20.8 Å². The van der Waals surface area contributed by atoms with Crippen molar-refractivity contribution in [1.82, 2.24) is 5.32 Å². The lowest BCUT2D eigenvalue weighted by atomic mass is 10.1. The molecule has 0 aliphatic carbocycles. The van der Waals surface area contributed by atoms with Gasteiger partial charge in [0.25, 0.3) is 5.91 Å². The van der Waals surface area contributed by atoms with Crippen LogP contribution in [0.25, 0.3) is 0 Å². The summed E-state index contributed by atoms with van der Waals surface area (Å²) in [7, 11) is 0. The maximum atomic E-state index is 11.8. The molecule has 0 spiro atoms. The van der Waals surface area contributed by atoms with Gasteiger partial charge < -0.3 is 5.32 Å². The van der Waals surface area contributed by atoms with Gasteiger partial charge >= 0.3 is 0 Å². The molecule has 0 unspecified atom stereocenters. The second-order valence-corrected chi connectivity index (χ2v) is 4.85. The summed E-state index contributed by atoms with van der Waals surface area (Å²) in [4.78, 5) is 23.8. The molecule has 0 atom stereocenters. The largest absolute Gasteiger partial charge is 0.344 e. The predicted molar refractivity (Wildman–Crippen MR) is 65.9 cm³/mol. The van der Waals surface area contributed by atoms with Crippen molar-refractivity contribution in [3.8, 4) is 0 Å². The van der Waals surface area contributed by atoms with E-state index in [0.717, 1.165) is 16.9 Å². The van der Waals surface area contributed by atoms with E-state index in [1.54, 1.807) is 0 Å². The fourth-order valence-electron chi connectivity index (χ4n) is 1.27. The monoisotopic (exact) mass is 239 g/mol. The normalized spacial score (nSPS) is 10.5. The van der Waals surface area contributed by atoms with E-state index >= 15 is 0 Å². The Kier molecular flexibility index (Phi) is 4.68. The molecule has 1 rings (SSSR count). The molecule has 1 heterocycles. The molecule has 0 saturated carbocycles. The molecule has 0 bridgehead atoms. The number of hydrogen-bond acceptors (Lipinski definition) is 3. The summed E-state index contributed by atoms with van der Waals surface area (Å²) >= 11 is 1.42. The number of rotatable bonds is 5. The highest BCUT2D eigenvalue weighted by Gasteiger charge is 2.14. The lowest BCUT2D eigenvalue weighted by molar-refractivity contribution is -0.120. The van der Waals surface area contributed by atoms with E-state index < -0.39 is 0 Å². The van der Waals surface area contributed by atoms with Gasteiger partial charge in [-0.15, -0.1) is 11.3 Å². The maximum absolute atomic E-state index is 11.8. The maximum Gasteiger partial charge on any atom is 0.261 e. The number of aryl methyl sites for hydroxylation is 1. The van der Waals surface area contributed by atoms with E-state index in [0.29, 0.717) is 0 Å². The Hall–Kier alpha value is -1.16. The van der Waals surface area contributed by atoms with Crippen LogP contribution < -0.4 is 5.32 Å². The van der Waals surface area contributed by atoms with Crippen LogP contribution in [-0.4, -0.2) is 18.2 Å². The summed E-state index contributed by atoms with van der Waals surface area (Å²) in [6, 6.07) is 1.95. The second kappa shape index (κ2) is 5.80. The van der Waals surface area contributed by atoms with E-state index in [-0.39, 0.29) is 24.2 Å². The first-order chi connectivity index (χ1) is 7.56. The average Bonchev–Trinajstić information content (AvgIpc) is 2.73.